The lowest BCUT2D eigenvalue weighted by atomic mass is 9.52. The molecule has 1 N–H and O–H groups in total. The van der Waals surface area contributed by atoms with Gasteiger partial charge in [0.2, 0.25) is 0 Å². The Kier molecular flexibility index (Phi) is 3.94. The first kappa shape index (κ1) is 19.9. The Morgan fingerprint density at radius 3 is 2.48 bits per heavy atom. The summed E-state index contributed by atoms with van der Waals surface area (Å²) in [5.74, 6) is 0.521. The largest absolute Gasteiger partial charge is 0.384 e. The average molecular weight is 433 g/mol. The van der Waals surface area contributed by atoms with E-state index in [0.29, 0.717) is 31.0 Å². The summed E-state index contributed by atoms with van der Waals surface area (Å²) in [6, 6.07) is 0. The average Bonchev–Trinajstić information content (AvgIpc) is 3.15. The van der Waals surface area contributed by atoms with E-state index < -0.39 is 11.4 Å². The lowest BCUT2D eigenvalue weighted by Crippen LogP contribution is -2.62. The van der Waals surface area contributed by atoms with Crippen molar-refractivity contribution in [2.75, 3.05) is 26.4 Å². The maximum Gasteiger partial charge on any atom is 0.195 e. The zero-order valence-electron chi connectivity index (χ0n) is 18.9. The molecule has 3 saturated heterocycles. The van der Waals surface area contributed by atoms with Crippen molar-refractivity contribution in [3.8, 4) is 0 Å². The van der Waals surface area contributed by atoms with E-state index in [2.05, 4.69) is 13.0 Å². The minimum absolute atomic E-state index is 0.000136. The summed E-state index contributed by atoms with van der Waals surface area (Å²) in [6.45, 7) is 6.83. The van der Waals surface area contributed by atoms with Crippen molar-refractivity contribution in [3.63, 3.8) is 0 Å². The number of hydrogen-bond donors (Lipinski definition) is 1. The third-order valence-corrected chi connectivity index (χ3v) is 10.7. The second kappa shape index (κ2) is 6.13. The van der Waals surface area contributed by atoms with E-state index in [1.54, 1.807) is 5.57 Å². The van der Waals surface area contributed by atoms with Gasteiger partial charge in [-0.25, -0.2) is 0 Å². The molecule has 3 aliphatic heterocycles. The standard InChI is InChI=1S/C25H36O6/c1-21-7-5-19-17(18(21)6-10-25(21,26)22(2)29-13-14-30-22)4-8-23-15-16(20-27-11-12-28-20)3-9-24(19,23)31-23/h5,16-18,20,26H,3-4,6-15H2,1-2H3/t16?,17?,18?,21-,23?,24+,25+/m0/s1. The van der Waals surface area contributed by atoms with Crippen LogP contribution in [0.15, 0.2) is 11.6 Å². The molecule has 0 aromatic heterocycles. The Hall–Kier alpha value is -0.500. The second-order valence-electron chi connectivity index (χ2n) is 11.6. The predicted molar refractivity (Wildman–Crippen MR) is 111 cm³/mol. The molecule has 31 heavy (non-hydrogen) atoms. The van der Waals surface area contributed by atoms with Gasteiger partial charge in [-0.05, 0) is 75.7 Å². The molecule has 4 unspecified atom stereocenters. The van der Waals surface area contributed by atoms with Crippen LogP contribution in [0.1, 0.15) is 65.2 Å². The van der Waals surface area contributed by atoms with Gasteiger partial charge in [-0.1, -0.05) is 13.0 Å². The van der Waals surface area contributed by atoms with Crippen molar-refractivity contribution in [3.05, 3.63) is 11.6 Å². The zero-order chi connectivity index (χ0) is 21.1. The van der Waals surface area contributed by atoms with Crippen LogP contribution in [0.3, 0.4) is 0 Å². The predicted octanol–water partition coefficient (Wildman–Crippen LogP) is 3.32. The molecule has 0 radical (unpaired) electrons. The van der Waals surface area contributed by atoms with Crippen LogP contribution >= 0.6 is 0 Å². The second-order valence-corrected chi connectivity index (χ2v) is 11.6. The fourth-order valence-corrected chi connectivity index (χ4v) is 9.05. The lowest BCUT2D eigenvalue weighted by molar-refractivity contribution is -0.293. The maximum absolute atomic E-state index is 12.0. The summed E-state index contributed by atoms with van der Waals surface area (Å²) < 4.78 is 30.4. The zero-order valence-corrected chi connectivity index (χ0v) is 18.9. The molecule has 4 aliphatic carbocycles. The van der Waals surface area contributed by atoms with Crippen LogP contribution in [0.2, 0.25) is 0 Å². The van der Waals surface area contributed by atoms with Crippen LogP contribution in [0, 0.1) is 23.2 Å². The fourth-order valence-electron chi connectivity index (χ4n) is 9.05. The lowest BCUT2D eigenvalue weighted by Gasteiger charge is -2.54. The van der Waals surface area contributed by atoms with E-state index >= 15 is 0 Å². The van der Waals surface area contributed by atoms with Gasteiger partial charge in [0.1, 0.15) is 16.8 Å². The van der Waals surface area contributed by atoms with Gasteiger partial charge in [0.15, 0.2) is 12.1 Å². The monoisotopic (exact) mass is 432 g/mol. The first-order chi connectivity index (χ1) is 14.9. The van der Waals surface area contributed by atoms with E-state index in [4.69, 9.17) is 23.7 Å². The van der Waals surface area contributed by atoms with E-state index in [-0.39, 0.29) is 22.9 Å². The molecule has 0 aromatic carbocycles. The summed E-state index contributed by atoms with van der Waals surface area (Å²) in [4.78, 5) is 0. The number of hydrogen-bond acceptors (Lipinski definition) is 6. The topological polar surface area (TPSA) is 69.7 Å². The number of allylic oxidation sites excluding steroid dienone is 1. The van der Waals surface area contributed by atoms with Crippen LogP contribution in [-0.2, 0) is 23.7 Å². The molecule has 3 saturated carbocycles. The Balaban J connectivity index is 1.19. The molecule has 6 heteroatoms. The maximum atomic E-state index is 12.0. The third kappa shape index (κ3) is 2.25. The number of epoxide rings is 1. The van der Waals surface area contributed by atoms with Gasteiger partial charge < -0.3 is 28.8 Å². The van der Waals surface area contributed by atoms with Gasteiger partial charge >= 0.3 is 0 Å². The van der Waals surface area contributed by atoms with Crippen LogP contribution in [-0.4, -0.2) is 60.4 Å². The molecule has 0 spiro atoms. The SMILES string of the molecule is CC1([C@@]2(O)CCC3C4CCC56CC(C7OCCO7)CC[C@@]5(O6)C4=CC[C@@]32C)OCCO1. The number of rotatable bonds is 2. The number of ether oxygens (including phenoxy) is 5. The number of aliphatic hydroxyl groups is 1. The smallest absolute Gasteiger partial charge is 0.195 e. The third-order valence-electron chi connectivity index (χ3n) is 10.7. The number of fused-ring (bicyclic) bond motifs is 3. The highest BCUT2D eigenvalue weighted by Crippen LogP contribution is 2.74. The quantitative estimate of drug-likeness (QED) is 0.533. The van der Waals surface area contributed by atoms with Crippen LogP contribution in [0.25, 0.3) is 0 Å². The van der Waals surface area contributed by atoms with Crippen LogP contribution in [0.4, 0.5) is 0 Å². The van der Waals surface area contributed by atoms with Crippen molar-refractivity contribution >= 4 is 0 Å². The summed E-state index contributed by atoms with van der Waals surface area (Å²) >= 11 is 0. The van der Waals surface area contributed by atoms with E-state index in [1.165, 1.54) is 0 Å². The van der Waals surface area contributed by atoms with Gasteiger partial charge in [-0.2, -0.15) is 0 Å². The highest BCUT2D eigenvalue weighted by Gasteiger charge is 2.78. The first-order valence-corrected chi connectivity index (χ1v) is 12.5. The normalized spacial score (nSPS) is 55.2. The molecule has 0 amide bonds. The summed E-state index contributed by atoms with van der Waals surface area (Å²) in [7, 11) is 0. The molecule has 0 aromatic rings. The molecule has 7 atom stereocenters. The molecule has 7 rings (SSSR count). The summed E-state index contributed by atoms with van der Waals surface area (Å²) in [5, 5.41) is 12.0. The summed E-state index contributed by atoms with van der Waals surface area (Å²) in [5.41, 5.74) is 0.316. The van der Waals surface area contributed by atoms with E-state index in [1.807, 2.05) is 6.92 Å². The highest BCUT2D eigenvalue weighted by atomic mass is 16.7. The van der Waals surface area contributed by atoms with E-state index in [9.17, 15) is 5.11 Å². The van der Waals surface area contributed by atoms with Gasteiger partial charge in [-0.3, -0.25) is 0 Å². The minimum atomic E-state index is -0.950. The molecule has 172 valence electrons. The minimum Gasteiger partial charge on any atom is -0.384 e. The van der Waals surface area contributed by atoms with Gasteiger partial charge in [0, 0.05) is 11.3 Å². The van der Waals surface area contributed by atoms with Gasteiger partial charge in [0.05, 0.1) is 26.4 Å². The van der Waals surface area contributed by atoms with Crippen LogP contribution < -0.4 is 0 Å². The van der Waals surface area contributed by atoms with E-state index in [0.717, 1.165) is 64.6 Å². The van der Waals surface area contributed by atoms with Crippen molar-refractivity contribution in [1.82, 2.24) is 0 Å². The molecule has 6 fully saturated rings. The Bertz CT molecular complexity index is 815. The van der Waals surface area contributed by atoms with Crippen molar-refractivity contribution < 1.29 is 28.8 Å². The highest BCUT2D eigenvalue weighted by molar-refractivity contribution is 5.43. The van der Waals surface area contributed by atoms with Gasteiger partial charge in [0.25, 0.3) is 0 Å². The van der Waals surface area contributed by atoms with Crippen molar-refractivity contribution in [2.45, 2.75) is 94.1 Å². The molecular formula is C25H36O6. The van der Waals surface area contributed by atoms with Crippen molar-refractivity contribution in [1.29, 1.82) is 0 Å². The van der Waals surface area contributed by atoms with Crippen molar-refractivity contribution in [2.24, 2.45) is 23.2 Å². The van der Waals surface area contributed by atoms with Crippen LogP contribution in [0.5, 0.6) is 0 Å². The molecule has 0 bridgehead atoms. The summed E-state index contributed by atoms with van der Waals surface area (Å²) in [6.07, 6.45) is 10.6. The Morgan fingerprint density at radius 1 is 0.935 bits per heavy atom. The molecule has 6 nitrogen and oxygen atoms in total. The molecule has 7 aliphatic rings. The Labute approximate surface area is 184 Å². The molecular weight excluding hydrogens is 396 g/mol. The fraction of sp³-hybridized carbons (Fsp3) is 0.920. The van der Waals surface area contributed by atoms with Gasteiger partial charge in [-0.15, -0.1) is 0 Å². The first-order valence-electron chi connectivity index (χ1n) is 12.5. The Morgan fingerprint density at radius 2 is 1.71 bits per heavy atom. The molecule has 3 heterocycles.